The van der Waals surface area contributed by atoms with Gasteiger partial charge in [0, 0.05) is 23.4 Å². The molecule has 0 bridgehead atoms. The summed E-state index contributed by atoms with van der Waals surface area (Å²) in [5, 5.41) is 12.8. The fraction of sp³-hybridized carbons (Fsp3) is 0.120. The Labute approximate surface area is 204 Å². The lowest BCUT2D eigenvalue weighted by Gasteiger charge is -2.07. The number of aromatic nitrogens is 2. The first-order chi connectivity index (χ1) is 16.3. The molecule has 3 heterocycles. The maximum absolute atomic E-state index is 13.6. The highest BCUT2D eigenvalue weighted by Crippen LogP contribution is 2.35. The van der Waals surface area contributed by atoms with Crippen molar-refractivity contribution in [1.82, 2.24) is 8.96 Å². The van der Waals surface area contributed by atoms with Gasteiger partial charge in [0.25, 0.3) is 10.0 Å². The summed E-state index contributed by atoms with van der Waals surface area (Å²) in [6.07, 6.45) is 1.71. The molecule has 5 aromatic rings. The first kappa shape index (κ1) is 22.5. The molecule has 34 heavy (non-hydrogen) atoms. The summed E-state index contributed by atoms with van der Waals surface area (Å²) >= 11 is 2.70. The molecule has 0 amide bonds. The van der Waals surface area contributed by atoms with Gasteiger partial charge in [-0.05, 0) is 54.3 Å². The van der Waals surface area contributed by atoms with Crippen LogP contribution in [0.3, 0.4) is 0 Å². The summed E-state index contributed by atoms with van der Waals surface area (Å²) in [7, 11) is -3.88. The number of hydrogen-bond donors (Lipinski definition) is 1. The Kier molecular flexibility index (Phi) is 5.85. The molecule has 0 unspecified atom stereocenters. The fourth-order valence-corrected chi connectivity index (χ4v) is 7.32. The minimum Gasteiger partial charge on any atom is -0.481 e. The van der Waals surface area contributed by atoms with Crippen LogP contribution in [0.25, 0.3) is 32.6 Å². The van der Waals surface area contributed by atoms with Crippen LogP contribution in [0.5, 0.6) is 0 Å². The van der Waals surface area contributed by atoms with E-state index in [4.69, 9.17) is 0 Å². The lowest BCUT2D eigenvalue weighted by Crippen LogP contribution is -2.10. The van der Waals surface area contributed by atoms with Crippen LogP contribution < -0.4 is 0 Å². The van der Waals surface area contributed by atoms with E-state index < -0.39 is 16.0 Å². The molecule has 0 aliphatic carbocycles. The van der Waals surface area contributed by atoms with Crippen molar-refractivity contribution in [2.45, 2.75) is 24.0 Å². The zero-order valence-electron chi connectivity index (χ0n) is 18.1. The van der Waals surface area contributed by atoms with Gasteiger partial charge in [0.2, 0.25) is 0 Å². The molecule has 0 aliphatic heterocycles. The summed E-state index contributed by atoms with van der Waals surface area (Å²) < 4.78 is 28.8. The first-order valence-corrected chi connectivity index (χ1v) is 13.7. The molecule has 2 aromatic carbocycles. The van der Waals surface area contributed by atoms with E-state index in [0.717, 1.165) is 32.1 Å². The van der Waals surface area contributed by atoms with E-state index in [1.54, 1.807) is 24.4 Å². The summed E-state index contributed by atoms with van der Waals surface area (Å²) in [6, 6.07) is 18.8. The Balaban J connectivity index is 1.62. The van der Waals surface area contributed by atoms with Gasteiger partial charge in [0.05, 0.1) is 21.1 Å². The van der Waals surface area contributed by atoms with E-state index >= 15 is 0 Å². The fourth-order valence-electron chi connectivity index (χ4n) is 3.89. The zero-order chi connectivity index (χ0) is 23.9. The molecular formula is C25H20N2O4S3. The van der Waals surface area contributed by atoms with Crippen LogP contribution in [-0.4, -0.2) is 28.5 Å². The second-order valence-electron chi connectivity index (χ2n) is 7.82. The number of nitrogens with zero attached hydrogens (tertiary/aromatic N) is 2. The van der Waals surface area contributed by atoms with Crippen molar-refractivity contribution in [3.05, 3.63) is 82.8 Å². The molecule has 0 fully saturated rings. The molecule has 0 saturated heterocycles. The number of fused-ring (bicyclic) bond motifs is 1. The van der Waals surface area contributed by atoms with Crippen molar-refractivity contribution in [1.29, 1.82) is 0 Å². The highest BCUT2D eigenvalue weighted by molar-refractivity contribution is 7.92. The molecule has 0 radical (unpaired) electrons. The van der Waals surface area contributed by atoms with Gasteiger partial charge in [-0.3, -0.25) is 4.79 Å². The van der Waals surface area contributed by atoms with Gasteiger partial charge in [-0.2, -0.15) is 8.42 Å². The normalized spacial score (nSPS) is 11.8. The lowest BCUT2D eigenvalue weighted by atomic mass is 10.0. The molecule has 0 aliphatic rings. The number of carboxylic acid groups (broad SMARTS) is 1. The Hall–Kier alpha value is -3.27. The summed E-state index contributed by atoms with van der Waals surface area (Å²) in [5.74, 6) is -0.926. The summed E-state index contributed by atoms with van der Waals surface area (Å²) in [4.78, 5) is 16.5. The monoisotopic (exact) mass is 508 g/mol. The number of aryl methyl sites for hydroxylation is 2. The van der Waals surface area contributed by atoms with E-state index in [1.807, 2.05) is 54.8 Å². The standard InChI is InChI=1S/C25H20N2O4S3/c1-16-26-21(15-32-16)23-10-12-25(33-23)34(30,31)27-14-19(8-11-24(28)29)20-13-18(7-9-22(20)27)17-5-3-2-4-6-17/h2-7,9-10,12-15H,8,11H2,1H3,(H,28,29). The van der Waals surface area contributed by atoms with E-state index in [9.17, 15) is 18.3 Å². The summed E-state index contributed by atoms with van der Waals surface area (Å²) in [6.45, 7) is 1.91. The lowest BCUT2D eigenvalue weighted by molar-refractivity contribution is -0.136. The molecule has 0 spiro atoms. The van der Waals surface area contributed by atoms with Crippen molar-refractivity contribution >= 4 is 49.6 Å². The molecule has 0 saturated carbocycles. The van der Waals surface area contributed by atoms with Crippen molar-refractivity contribution in [3.63, 3.8) is 0 Å². The molecule has 5 rings (SSSR count). The number of thiophene rings is 1. The Morgan fingerprint density at radius 2 is 1.85 bits per heavy atom. The maximum atomic E-state index is 13.6. The second kappa shape index (κ2) is 8.83. The van der Waals surface area contributed by atoms with Gasteiger partial charge in [0.15, 0.2) is 0 Å². The van der Waals surface area contributed by atoms with E-state index in [-0.39, 0.29) is 17.1 Å². The number of aliphatic carboxylic acids is 1. The van der Waals surface area contributed by atoms with Crippen molar-refractivity contribution < 1.29 is 18.3 Å². The number of carboxylic acids is 1. The molecule has 1 N–H and O–H groups in total. The minimum atomic E-state index is -3.88. The largest absolute Gasteiger partial charge is 0.481 e. The van der Waals surface area contributed by atoms with Gasteiger partial charge < -0.3 is 5.11 Å². The minimum absolute atomic E-state index is 0.0823. The van der Waals surface area contributed by atoms with Crippen LogP contribution in [0.15, 0.2) is 76.4 Å². The van der Waals surface area contributed by atoms with Crippen LogP contribution in [0, 0.1) is 6.92 Å². The molecule has 0 atom stereocenters. The van der Waals surface area contributed by atoms with Crippen molar-refractivity contribution in [3.8, 4) is 21.7 Å². The quantitative estimate of drug-likeness (QED) is 0.289. The average Bonchev–Trinajstić information content (AvgIpc) is 3.56. The van der Waals surface area contributed by atoms with Crippen LogP contribution >= 0.6 is 22.7 Å². The van der Waals surface area contributed by atoms with Crippen LogP contribution in [0.2, 0.25) is 0 Å². The molecule has 3 aromatic heterocycles. The number of hydrogen-bond acceptors (Lipinski definition) is 6. The number of carbonyl (C=O) groups is 1. The SMILES string of the molecule is Cc1nc(-c2ccc(S(=O)(=O)n3cc(CCC(=O)O)c4cc(-c5ccccc5)ccc43)s2)cs1. The van der Waals surface area contributed by atoms with Gasteiger partial charge >= 0.3 is 5.97 Å². The number of rotatable bonds is 7. The zero-order valence-corrected chi connectivity index (χ0v) is 20.6. The average molecular weight is 509 g/mol. The predicted octanol–water partition coefficient (Wildman–Crippen LogP) is 6.06. The van der Waals surface area contributed by atoms with Gasteiger partial charge in [-0.25, -0.2) is 8.96 Å². The Morgan fingerprint density at radius 3 is 2.56 bits per heavy atom. The third kappa shape index (κ3) is 4.18. The van der Waals surface area contributed by atoms with Gasteiger partial charge in [0.1, 0.15) is 4.21 Å². The highest BCUT2D eigenvalue weighted by Gasteiger charge is 2.24. The molecule has 9 heteroatoms. The number of thiazole rings is 1. The van der Waals surface area contributed by atoms with Crippen LogP contribution in [-0.2, 0) is 21.2 Å². The van der Waals surface area contributed by atoms with Crippen LogP contribution in [0.4, 0.5) is 0 Å². The van der Waals surface area contributed by atoms with Gasteiger partial charge in [-0.1, -0.05) is 36.4 Å². The van der Waals surface area contributed by atoms with Crippen LogP contribution in [0.1, 0.15) is 17.0 Å². The smallest absolute Gasteiger partial charge is 0.303 e. The third-order valence-corrected chi connectivity index (χ3v) is 9.56. The molecular weight excluding hydrogens is 488 g/mol. The van der Waals surface area contributed by atoms with E-state index in [2.05, 4.69) is 4.98 Å². The predicted molar refractivity (Wildman–Crippen MR) is 136 cm³/mol. The first-order valence-electron chi connectivity index (χ1n) is 10.5. The Morgan fingerprint density at radius 1 is 1.06 bits per heavy atom. The highest BCUT2D eigenvalue weighted by atomic mass is 32.2. The second-order valence-corrected chi connectivity index (χ2v) is 12.0. The van der Waals surface area contributed by atoms with Gasteiger partial charge in [-0.15, -0.1) is 22.7 Å². The topological polar surface area (TPSA) is 89.3 Å². The molecule has 172 valence electrons. The third-order valence-electron chi connectivity index (χ3n) is 5.53. The summed E-state index contributed by atoms with van der Waals surface area (Å²) in [5.41, 5.74) is 3.92. The van der Waals surface area contributed by atoms with E-state index in [0.29, 0.717) is 11.1 Å². The Bertz CT molecular complexity index is 1610. The van der Waals surface area contributed by atoms with Crippen molar-refractivity contribution in [2.24, 2.45) is 0 Å². The maximum Gasteiger partial charge on any atom is 0.303 e. The van der Waals surface area contributed by atoms with Crippen molar-refractivity contribution in [2.75, 3.05) is 0 Å². The van der Waals surface area contributed by atoms with E-state index in [1.165, 1.54) is 26.6 Å². The number of benzene rings is 2. The molecule has 6 nitrogen and oxygen atoms in total.